The van der Waals surface area contributed by atoms with E-state index in [1.807, 2.05) is 6.07 Å². The first-order valence-electron chi connectivity index (χ1n) is 8.28. The zero-order chi connectivity index (χ0) is 19.5. The number of nitrogens with one attached hydrogen (secondary N) is 1. The van der Waals surface area contributed by atoms with Crippen molar-refractivity contribution in [3.63, 3.8) is 0 Å². The molecule has 0 bridgehead atoms. The van der Waals surface area contributed by atoms with Crippen LogP contribution in [0.3, 0.4) is 0 Å². The summed E-state index contributed by atoms with van der Waals surface area (Å²) in [7, 11) is 0. The molecule has 0 aromatic rings. The van der Waals surface area contributed by atoms with Crippen LogP contribution in [0.25, 0.3) is 0 Å². The highest BCUT2D eigenvalue weighted by molar-refractivity contribution is 5.95. The SMILES string of the molecule is CC(C)(C)OC(=O)NN(C(=O)OC(C)(C)C)C1(C#N)CCCCC1=O. The summed E-state index contributed by atoms with van der Waals surface area (Å²) in [5.41, 5.74) is -1.22. The summed E-state index contributed by atoms with van der Waals surface area (Å²) in [6.07, 6.45) is -0.424. The van der Waals surface area contributed by atoms with Crippen LogP contribution in [-0.4, -0.2) is 39.7 Å². The third kappa shape index (κ3) is 5.62. The number of nitrogens with zero attached hydrogens (tertiary/aromatic N) is 2. The van der Waals surface area contributed by atoms with Crippen molar-refractivity contribution in [3.8, 4) is 6.07 Å². The van der Waals surface area contributed by atoms with E-state index in [0.29, 0.717) is 17.9 Å². The molecule has 1 aliphatic rings. The molecular formula is C17H27N3O5. The molecule has 1 unspecified atom stereocenters. The van der Waals surface area contributed by atoms with Gasteiger partial charge in [-0.25, -0.2) is 15.0 Å². The Morgan fingerprint density at radius 2 is 1.68 bits per heavy atom. The minimum Gasteiger partial charge on any atom is -0.443 e. The standard InChI is InChI=1S/C17H27N3O5/c1-15(2,3)24-13(22)19-20(14(23)25-16(4,5)6)17(11-18)10-8-7-9-12(17)21/h7-10H2,1-6H3,(H,19,22). The van der Waals surface area contributed by atoms with Gasteiger partial charge in [0.15, 0.2) is 5.78 Å². The smallest absolute Gasteiger partial charge is 0.431 e. The highest BCUT2D eigenvalue weighted by Crippen LogP contribution is 2.31. The van der Waals surface area contributed by atoms with Crippen molar-refractivity contribution in [2.75, 3.05) is 0 Å². The number of rotatable bonds is 1. The van der Waals surface area contributed by atoms with Crippen LogP contribution in [0.15, 0.2) is 0 Å². The van der Waals surface area contributed by atoms with E-state index in [1.54, 1.807) is 41.5 Å². The zero-order valence-corrected chi connectivity index (χ0v) is 15.8. The van der Waals surface area contributed by atoms with E-state index in [0.717, 1.165) is 0 Å². The molecule has 0 saturated heterocycles. The average Bonchev–Trinajstić information content (AvgIpc) is 2.42. The molecule has 0 radical (unpaired) electrons. The van der Waals surface area contributed by atoms with E-state index in [-0.39, 0.29) is 12.8 Å². The van der Waals surface area contributed by atoms with Gasteiger partial charge in [0.1, 0.15) is 17.3 Å². The first-order chi connectivity index (χ1) is 11.3. The van der Waals surface area contributed by atoms with Crippen LogP contribution < -0.4 is 5.43 Å². The summed E-state index contributed by atoms with van der Waals surface area (Å²) >= 11 is 0. The third-order valence-corrected chi connectivity index (χ3v) is 3.40. The molecule has 1 aliphatic carbocycles. The van der Waals surface area contributed by atoms with Crippen molar-refractivity contribution in [1.29, 1.82) is 5.26 Å². The Bertz CT molecular complexity index is 583. The lowest BCUT2D eigenvalue weighted by molar-refractivity contribution is -0.132. The topological polar surface area (TPSA) is 109 Å². The molecule has 1 atom stereocenters. The Hall–Kier alpha value is -2.30. The fourth-order valence-corrected chi connectivity index (χ4v) is 2.41. The number of ether oxygens (including phenoxy) is 2. The van der Waals surface area contributed by atoms with E-state index in [1.165, 1.54) is 0 Å². The number of amides is 2. The second-order valence-corrected chi connectivity index (χ2v) is 8.03. The average molecular weight is 353 g/mol. The van der Waals surface area contributed by atoms with Gasteiger partial charge in [-0.15, -0.1) is 0 Å². The van der Waals surface area contributed by atoms with Crippen molar-refractivity contribution in [1.82, 2.24) is 10.4 Å². The lowest BCUT2D eigenvalue weighted by atomic mass is 9.81. The van der Waals surface area contributed by atoms with Crippen molar-refractivity contribution in [2.24, 2.45) is 0 Å². The van der Waals surface area contributed by atoms with Crippen LogP contribution in [0.2, 0.25) is 0 Å². The predicted molar refractivity (Wildman–Crippen MR) is 89.3 cm³/mol. The molecule has 8 nitrogen and oxygen atoms in total. The van der Waals surface area contributed by atoms with E-state index in [2.05, 4.69) is 5.43 Å². The Balaban J connectivity index is 3.18. The number of carbonyl (C=O) groups excluding carboxylic acids is 3. The van der Waals surface area contributed by atoms with Gasteiger partial charge in [-0.2, -0.15) is 10.3 Å². The minimum atomic E-state index is -1.79. The van der Waals surface area contributed by atoms with Gasteiger partial charge >= 0.3 is 12.2 Å². The molecule has 0 aromatic heterocycles. The van der Waals surface area contributed by atoms with E-state index in [4.69, 9.17) is 9.47 Å². The van der Waals surface area contributed by atoms with Gasteiger partial charge in [-0.1, -0.05) is 0 Å². The second-order valence-electron chi connectivity index (χ2n) is 8.03. The first-order valence-corrected chi connectivity index (χ1v) is 8.28. The molecular weight excluding hydrogens is 326 g/mol. The number of ketones is 1. The minimum absolute atomic E-state index is 0.122. The van der Waals surface area contributed by atoms with Gasteiger partial charge in [-0.05, 0) is 60.8 Å². The van der Waals surface area contributed by atoms with Gasteiger partial charge < -0.3 is 9.47 Å². The molecule has 140 valence electrons. The first kappa shape index (κ1) is 20.7. The van der Waals surface area contributed by atoms with E-state index < -0.39 is 34.7 Å². The number of hydrazine groups is 1. The fraction of sp³-hybridized carbons (Fsp3) is 0.765. The molecule has 1 rings (SSSR count). The number of carbonyl (C=O) groups is 3. The van der Waals surface area contributed by atoms with Gasteiger partial charge in [0.25, 0.3) is 0 Å². The molecule has 0 heterocycles. The van der Waals surface area contributed by atoms with Gasteiger partial charge in [-0.3, -0.25) is 4.79 Å². The van der Waals surface area contributed by atoms with Crippen molar-refractivity contribution >= 4 is 18.0 Å². The molecule has 2 amide bonds. The monoisotopic (exact) mass is 353 g/mol. The summed E-state index contributed by atoms with van der Waals surface area (Å²) in [4.78, 5) is 37.2. The Morgan fingerprint density at radius 1 is 1.12 bits per heavy atom. The van der Waals surface area contributed by atoms with Gasteiger partial charge in [0.2, 0.25) is 5.54 Å². The van der Waals surface area contributed by atoms with Crippen LogP contribution in [-0.2, 0) is 14.3 Å². The lowest BCUT2D eigenvalue weighted by Crippen LogP contribution is -2.65. The second kappa shape index (κ2) is 7.30. The lowest BCUT2D eigenvalue weighted by Gasteiger charge is -2.39. The maximum atomic E-state index is 12.6. The third-order valence-electron chi connectivity index (χ3n) is 3.40. The molecule has 0 aliphatic heterocycles. The largest absolute Gasteiger partial charge is 0.443 e. The number of Topliss-reactive ketones (excluding diaryl/α,β-unsaturated/α-hetero) is 1. The summed E-state index contributed by atoms with van der Waals surface area (Å²) < 4.78 is 10.4. The maximum absolute atomic E-state index is 12.6. The van der Waals surface area contributed by atoms with E-state index >= 15 is 0 Å². The van der Waals surface area contributed by atoms with E-state index in [9.17, 15) is 19.6 Å². The number of hydrogen-bond acceptors (Lipinski definition) is 6. The molecule has 0 spiro atoms. The van der Waals surface area contributed by atoms with Gasteiger partial charge in [0.05, 0.1) is 0 Å². The summed E-state index contributed by atoms with van der Waals surface area (Å²) in [5, 5.41) is 10.4. The highest BCUT2D eigenvalue weighted by Gasteiger charge is 2.50. The zero-order valence-electron chi connectivity index (χ0n) is 15.8. The summed E-state index contributed by atoms with van der Waals surface area (Å²) in [6, 6.07) is 1.91. The fourth-order valence-electron chi connectivity index (χ4n) is 2.41. The maximum Gasteiger partial charge on any atom is 0.431 e. The normalized spacial score (nSPS) is 21.1. The predicted octanol–water partition coefficient (Wildman–Crippen LogP) is 3.07. The van der Waals surface area contributed by atoms with Gasteiger partial charge in [0, 0.05) is 6.42 Å². The molecule has 1 saturated carbocycles. The van der Waals surface area contributed by atoms with Crippen LogP contribution >= 0.6 is 0 Å². The molecule has 8 heteroatoms. The van der Waals surface area contributed by atoms with Crippen LogP contribution in [0.4, 0.5) is 9.59 Å². The van der Waals surface area contributed by atoms with Crippen molar-refractivity contribution in [3.05, 3.63) is 0 Å². The van der Waals surface area contributed by atoms with Crippen LogP contribution in [0, 0.1) is 11.3 Å². The molecule has 0 aromatic carbocycles. The summed E-state index contributed by atoms with van der Waals surface area (Å²) in [6.45, 7) is 9.94. The number of nitriles is 1. The quantitative estimate of drug-likeness (QED) is 0.726. The number of hydrogen-bond donors (Lipinski definition) is 1. The molecule has 25 heavy (non-hydrogen) atoms. The molecule has 1 fully saturated rings. The summed E-state index contributed by atoms with van der Waals surface area (Å²) in [5.74, 6) is -0.428. The van der Waals surface area contributed by atoms with Crippen molar-refractivity contribution in [2.45, 2.75) is 84.0 Å². The Morgan fingerprint density at radius 3 is 2.12 bits per heavy atom. The molecule has 1 N–H and O–H groups in total. The highest BCUT2D eigenvalue weighted by atomic mass is 16.6. The Labute approximate surface area is 148 Å². The van der Waals surface area contributed by atoms with Crippen molar-refractivity contribution < 1.29 is 23.9 Å². The Kier molecular flexibility index (Phi) is 6.05. The van der Waals surface area contributed by atoms with Crippen LogP contribution in [0.1, 0.15) is 67.2 Å². The van der Waals surface area contributed by atoms with Crippen LogP contribution in [0.5, 0.6) is 0 Å².